The third-order valence-corrected chi connectivity index (χ3v) is 3.20. The molecule has 17 heavy (non-hydrogen) atoms. The second-order valence-electron chi connectivity index (χ2n) is 4.40. The Kier molecular flexibility index (Phi) is 3.66. The molecule has 4 heteroatoms. The summed E-state index contributed by atoms with van der Waals surface area (Å²) in [5.74, 6) is 0.790. The van der Waals surface area contributed by atoms with Crippen LogP contribution < -0.4 is 4.74 Å². The molecule has 1 aromatic carbocycles. The van der Waals surface area contributed by atoms with E-state index in [1.54, 1.807) is 14.0 Å². The van der Waals surface area contributed by atoms with Crippen molar-refractivity contribution in [3.05, 3.63) is 29.8 Å². The number of aliphatic hydroxyl groups is 2. The van der Waals surface area contributed by atoms with Gasteiger partial charge in [-0.15, -0.1) is 0 Å². The van der Waals surface area contributed by atoms with Crippen molar-refractivity contribution in [2.75, 3.05) is 7.11 Å². The van der Waals surface area contributed by atoms with Gasteiger partial charge in [0.15, 0.2) is 0 Å². The van der Waals surface area contributed by atoms with E-state index in [-0.39, 0.29) is 12.2 Å². The van der Waals surface area contributed by atoms with Crippen LogP contribution in [0.3, 0.4) is 0 Å². The highest BCUT2D eigenvalue weighted by Crippen LogP contribution is 2.32. The molecule has 4 nitrogen and oxygen atoms in total. The Balaban J connectivity index is 2.11. The van der Waals surface area contributed by atoms with Gasteiger partial charge in [0.05, 0.1) is 25.4 Å². The molecule has 94 valence electrons. The van der Waals surface area contributed by atoms with E-state index in [0.717, 1.165) is 11.3 Å². The maximum absolute atomic E-state index is 9.73. The Bertz CT molecular complexity index is 350. The van der Waals surface area contributed by atoms with Crippen molar-refractivity contribution in [2.45, 2.75) is 37.8 Å². The van der Waals surface area contributed by atoms with Gasteiger partial charge < -0.3 is 19.7 Å². The molecular weight excluding hydrogens is 220 g/mol. The largest absolute Gasteiger partial charge is 0.497 e. The van der Waals surface area contributed by atoms with Crippen molar-refractivity contribution in [1.82, 2.24) is 0 Å². The number of benzene rings is 1. The predicted octanol–water partition coefficient (Wildman–Crippen LogP) is 1.27. The molecule has 0 spiro atoms. The van der Waals surface area contributed by atoms with Crippen molar-refractivity contribution in [2.24, 2.45) is 0 Å². The second-order valence-corrected chi connectivity index (χ2v) is 4.40. The molecule has 0 amide bonds. The molecule has 0 radical (unpaired) electrons. The first kappa shape index (κ1) is 12.4. The van der Waals surface area contributed by atoms with Crippen LogP contribution in [0.15, 0.2) is 24.3 Å². The highest BCUT2D eigenvalue weighted by molar-refractivity contribution is 5.28. The van der Waals surface area contributed by atoms with Crippen molar-refractivity contribution in [1.29, 1.82) is 0 Å². The highest BCUT2D eigenvalue weighted by atomic mass is 16.5. The maximum Gasteiger partial charge on any atom is 0.118 e. The molecule has 2 rings (SSSR count). The molecule has 1 aliphatic rings. The molecule has 1 saturated heterocycles. The molecule has 0 aliphatic carbocycles. The van der Waals surface area contributed by atoms with E-state index in [9.17, 15) is 10.2 Å². The number of hydrogen-bond acceptors (Lipinski definition) is 4. The summed E-state index contributed by atoms with van der Waals surface area (Å²) in [4.78, 5) is 0. The summed E-state index contributed by atoms with van der Waals surface area (Å²) in [5, 5.41) is 19.3. The first-order valence-electron chi connectivity index (χ1n) is 5.77. The Labute approximate surface area is 101 Å². The quantitative estimate of drug-likeness (QED) is 0.814. The van der Waals surface area contributed by atoms with Crippen molar-refractivity contribution in [3.63, 3.8) is 0 Å². The van der Waals surface area contributed by atoms with Gasteiger partial charge in [0.25, 0.3) is 0 Å². The van der Waals surface area contributed by atoms with Crippen LogP contribution in [-0.2, 0) is 4.74 Å². The van der Waals surface area contributed by atoms with E-state index in [1.165, 1.54) is 0 Å². The van der Waals surface area contributed by atoms with Crippen LogP contribution in [0.25, 0.3) is 0 Å². The first-order chi connectivity index (χ1) is 8.11. The van der Waals surface area contributed by atoms with Crippen molar-refractivity contribution in [3.8, 4) is 5.75 Å². The molecule has 0 unspecified atom stereocenters. The number of hydrogen-bond donors (Lipinski definition) is 2. The summed E-state index contributed by atoms with van der Waals surface area (Å²) < 4.78 is 10.8. The number of rotatable bonds is 2. The fraction of sp³-hybridized carbons (Fsp3) is 0.538. The molecule has 4 atom stereocenters. The van der Waals surface area contributed by atoms with E-state index in [0.29, 0.717) is 6.42 Å². The van der Waals surface area contributed by atoms with Gasteiger partial charge in [-0.3, -0.25) is 0 Å². The Hall–Kier alpha value is -1.10. The summed E-state index contributed by atoms with van der Waals surface area (Å²) in [5.41, 5.74) is 0.989. The Morgan fingerprint density at radius 2 is 1.88 bits per heavy atom. The van der Waals surface area contributed by atoms with Gasteiger partial charge in [-0.05, 0) is 24.6 Å². The van der Waals surface area contributed by atoms with Crippen LogP contribution in [0.4, 0.5) is 0 Å². The average Bonchev–Trinajstić information content (AvgIpc) is 2.35. The van der Waals surface area contributed by atoms with Crippen LogP contribution in [-0.4, -0.2) is 35.6 Å². The molecule has 2 N–H and O–H groups in total. The zero-order chi connectivity index (χ0) is 12.4. The SMILES string of the molecule is COc1ccc([C@@H]2C[C@@H](O)[C@H](O)[C@H](C)O2)cc1. The second kappa shape index (κ2) is 5.04. The monoisotopic (exact) mass is 238 g/mol. The third kappa shape index (κ3) is 2.60. The number of aliphatic hydroxyl groups excluding tert-OH is 2. The van der Waals surface area contributed by atoms with Gasteiger partial charge in [-0.1, -0.05) is 12.1 Å². The summed E-state index contributed by atoms with van der Waals surface area (Å²) >= 11 is 0. The molecule has 0 saturated carbocycles. The lowest BCUT2D eigenvalue weighted by atomic mass is 9.94. The standard InChI is InChI=1S/C13H18O4/c1-8-13(15)11(14)7-12(17-8)9-3-5-10(16-2)6-4-9/h3-6,8,11-15H,7H2,1-2H3/t8-,11+,12-,13+/m0/s1. The molecule has 1 heterocycles. The fourth-order valence-corrected chi connectivity index (χ4v) is 2.10. The minimum Gasteiger partial charge on any atom is -0.497 e. The molecule has 0 aromatic heterocycles. The zero-order valence-electron chi connectivity index (χ0n) is 10.0. The Morgan fingerprint density at radius 3 is 2.41 bits per heavy atom. The lowest BCUT2D eigenvalue weighted by Crippen LogP contribution is -2.43. The van der Waals surface area contributed by atoms with E-state index < -0.39 is 12.2 Å². The summed E-state index contributed by atoms with van der Waals surface area (Å²) in [6.45, 7) is 1.77. The van der Waals surface area contributed by atoms with E-state index >= 15 is 0 Å². The highest BCUT2D eigenvalue weighted by Gasteiger charge is 2.34. The van der Waals surface area contributed by atoms with Gasteiger partial charge in [-0.25, -0.2) is 0 Å². The zero-order valence-corrected chi connectivity index (χ0v) is 10.0. The molecule has 0 bridgehead atoms. The van der Waals surface area contributed by atoms with Gasteiger partial charge in [0.1, 0.15) is 11.9 Å². The van der Waals surface area contributed by atoms with E-state index in [2.05, 4.69) is 0 Å². The number of ether oxygens (including phenoxy) is 2. The summed E-state index contributed by atoms with van der Waals surface area (Å²) in [6.07, 6.45) is -1.65. The lowest BCUT2D eigenvalue weighted by Gasteiger charge is -2.35. The molecule has 1 aromatic rings. The van der Waals surface area contributed by atoms with Crippen LogP contribution in [0, 0.1) is 0 Å². The van der Waals surface area contributed by atoms with Gasteiger partial charge >= 0.3 is 0 Å². The topological polar surface area (TPSA) is 58.9 Å². The predicted molar refractivity (Wildman–Crippen MR) is 62.9 cm³/mol. The molecule has 1 fully saturated rings. The maximum atomic E-state index is 9.73. The van der Waals surface area contributed by atoms with E-state index in [4.69, 9.17) is 9.47 Å². The van der Waals surface area contributed by atoms with Gasteiger partial charge in [-0.2, -0.15) is 0 Å². The van der Waals surface area contributed by atoms with Gasteiger partial charge in [0.2, 0.25) is 0 Å². The lowest BCUT2D eigenvalue weighted by molar-refractivity contribution is -0.163. The normalized spacial score (nSPS) is 33.4. The smallest absolute Gasteiger partial charge is 0.118 e. The molecule has 1 aliphatic heterocycles. The van der Waals surface area contributed by atoms with Crippen molar-refractivity contribution >= 4 is 0 Å². The summed E-state index contributed by atoms with van der Waals surface area (Å²) in [6, 6.07) is 7.56. The first-order valence-corrected chi connectivity index (χ1v) is 5.77. The van der Waals surface area contributed by atoms with Crippen LogP contribution in [0.5, 0.6) is 5.75 Å². The minimum absolute atomic E-state index is 0.172. The van der Waals surface area contributed by atoms with E-state index in [1.807, 2.05) is 24.3 Å². The summed E-state index contributed by atoms with van der Waals surface area (Å²) in [7, 11) is 1.62. The van der Waals surface area contributed by atoms with Crippen molar-refractivity contribution < 1.29 is 19.7 Å². The van der Waals surface area contributed by atoms with Crippen LogP contribution in [0.1, 0.15) is 25.0 Å². The Morgan fingerprint density at radius 1 is 1.24 bits per heavy atom. The van der Waals surface area contributed by atoms with Crippen LogP contribution >= 0.6 is 0 Å². The van der Waals surface area contributed by atoms with Crippen LogP contribution in [0.2, 0.25) is 0 Å². The number of methoxy groups -OCH3 is 1. The minimum atomic E-state index is -0.801. The molecular formula is C13H18O4. The fourth-order valence-electron chi connectivity index (χ4n) is 2.10. The third-order valence-electron chi connectivity index (χ3n) is 3.20. The average molecular weight is 238 g/mol. The van der Waals surface area contributed by atoms with Gasteiger partial charge in [0, 0.05) is 6.42 Å².